The van der Waals surface area contributed by atoms with E-state index in [1.54, 1.807) is 19.1 Å². The maximum atomic E-state index is 13.6. The minimum atomic E-state index is -0.263. The van der Waals surface area contributed by atoms with Crippen LogP contribution in [0.1, 0.15) is 5.56 Å². The second-order valence-corrected chi connectivity index (χ2v) is 4.06. The summed E-state index contributed by atoms with van der Waals surface area (Å²) in [6.07, 6.45) is 0. The summed E-state index contributed by atoms with van der Waals surface area (Å²) in [5.41, 5.74) is 7.48. The molecule has 1 heterocycles. The molecule has 0 unspecified atom stereocenters. The van der Waals surface area contributed by atoms with Crippen molar-refractivity contribution in [3.8, 4) is 11.3 Å². The zero-order valence-electron chi connectivity index (χ0n) is 8.01. The lowest BCUT2D eigenvalue weighted by Crippen LogP contribution is -1.88. The number of aryl methyl sites for hydroxylation is 1. The number of rotatable bonds is 1. The van der Waals surface area contributed by atoms with Crippen LogP contribution in [0.15, 0.2) is 22.7 Å². The van der Waals surface area contributed by atoms with Crippen molar-refractivity contribution in [1.29, 1.82) is 0 Å². The number of hydrogen-bond donors (Lipinski definition) is 2. The van der Waals surface area contributed by atoms with Crippen LogP contribution in [0.4, 0.5) is 10.2 Å². The Labute approximate surface area is 94.6 Å². The highest BCUT2D eigenvalue weighted by molar-refractivity contribution is 9.10. The number of nitrogen functional groups attached to an aromatic ring is 1. The van der Waals surface area contributed by atoms with Crippen LogP contribution in [0.3, 0.4) is 0 Å². The normalized spacial score (nSPS) is 10.6. The summed E-state index contributed by atoms with van der Waals surface area (Å²) in [5.74, 6) is 0.124. The summed E-state index contributed by atoms with van der Waals surface area (Å²) in [7, 11) is 0. The molecule has 5 heteroatoms. The fourth-order valence-electron chi connectivity index (χ4n) is 1.33. The Morgan fingerprint density at radius 2 is 2.20 bits per heavy atom. The van der Waals surface area contributed by atoms with Crippen LogP contribution in [0, 0.1) is 12.7 Å². The Morgan fingerprint density at radius 1 is 1.47 bits per heavy atom. The summed E-state index contributed by atoms with van der Waals surface area (Å²) < 4.78 is 14.0. The fourth-order valence-corrected chi connectivity index (χ4v) is 1.99. The van der Waals surface area contributed by atoms with Gasteiger partial charge in [0.15, 0.2) is 0 Å². The highest BCUT2D eigenvalue weighted by Gasteiger charge is 2.11. The highest BCUT2D eigenvalue weighted by atomic mass is 79.9. The number of nitrogens with zero attached hydrogens (tertiary/aromatic N) is 1. The van der Waals surface area contributed by atoms with Gasteiger partial charge in [0.05, 0.1) is 10.2 Å². The minimum Gasteiger partial charge on any atom is -0.382 e. The second-order valence-electron chi connectivity index (χ2n) is 3.26. The van der Waals surface area contributed by atoms with Crippen LogP contribution in [-0.4, -0.2) is 10.2 Å². The number of nitrogens with one attached hydrogen (secondary N) is 1. The molecule has 1 aromatic carbocycles. The SMILES string of the molecule is Cc1ccc(-c2cc(N)n[nH]2)c(Br)c1F. The van der Waals surface area contributed by atoms with Crippen LogP contribution in [-0.2, 0) is 0 Å². The Balaban J connectivity index is 2.59. The second kappa shape index (κ2) is 3.66. The van der Waals surface area contributed by atoms with E-state index in [4.69, 9.17) is 5.73 Å². The van der Waals surface area contributed by atoms with Crippen molar-refractivity contribution in [1.82, 2.24) is 10.2 Å². The topological polar surface area (TPSA) is 54.7 Å². The number of H-pyrrole nitrogens is 1. The first-order valence-corrected chi connectivity index (χ1v) is 5.14. The van der Waals surface area contributed by atoms with Crippen molar-refractivity contribution < 1.29 is 4.39 Å². The van der Waals surface area contributed by atoms with E-state index < -0.39 is 0 Å². The van der Waals surface area contributed by atoms with E-state index >= 15 is 0 Å². The van der Waals surface area contributed by atoms with Crippen molar-refractivity contribution in [3.05, 3.63) is 34.1 Å². The lowest BCUT2D eigenvalue weighted by atomic mass is 10.1. The minimum absolute atomic E-state index is 0.263. The quantitative estimate of drug-likeness (QED) is 0.837. The first-order chi connectivity index (χ1) is 7.09. The molecular formula is C10H9BrFN3. The molecule has 1 aromatic heterocycles. The molecule has 0 aliphatic rings. The van der Waals surface area contributed by atoms with Gasteiger partial charge < -0.3 is 5.73 Å². The molecule has 0 spiro atoms. The lowest BCUT2D eigenvalue weighted by Gasteiger charge is -2.04. The van der Waals surface area contributed by atoms with Crippen LogP contribution in [0.5, 0.6) is 0 Å². The first kappa shape index (κ1) is 10.2. The van der Waals surface area contributed by atoms with E-state index in [1.165, 1.54) is 0 Å². The third-order valence-corrected chi connectivity index (χ3v) is 2.94. The number of anilines is 1. The summed E-state index contributed by atoms with van der Waals surface area (Å²) in [6, 6.07) is 5.19. The van der Waals surface area contributed by atoms with Gasteiger partial charge in [0.2, 0.25) is 0 Å². The summed E-state index contributed by atoms with van der Waals surface area (Å²) >= 11 is 3.21. The summed E-state index contributed by atoms with van der Waals surface area (Å²) in [6.45, 7) is 1.71. The molecule has 0 saturated carbocycles. The smallest absolute Gasteiger partial charge is 0.145 e. The largest absolute Gasteiger partial charge is 0.382 e. The van der Waals surface area contributed by atoms with Crippen LogP contribution in [0.25, 0.3) is 11.3 Å². The fraction of sp³-hybridized carbons (Fsp3) is 0.100. The number of halogens is 2. The van der Waals surface area contributed by atoms with Crippen molar-refractivity contribution in [2.45, 2.75) is 6.92 Å². The maximum absolute atomic E-state index is 13.6. The van der Waals surface area contributed by atoms with Gasteiger partial charge in [0.1, 0.15) is 11.6 Å². The zero-order chi connectivity index (χ0) is 11.0. The van der Waals surface area contributed by atoms with Gasteiger partial charge in [0, 0.05) is 11.6 Å². The Morgan fingerprint density at radius 3 is 2.80 bits per heavy atom. The number of aromatic amines is 1. The van der Waals surface area contributed by atoms with Gasteiger partial charge in [-0.15, -0.1) is 0 Å². The molecule has 15 heavy (non-hydrogen) atoms. The number of nitrogens with two attached hydrogens (primary N) is 1. The Bertz CT molecular complexity index is 507. The van der Waals surface area contributed by atoms with E-state index in [-0.39, 0.29) is 5.82 Å². The van der Waals surface area contributed by atoms with E-state index in [0.29, 0.717) is 27.1 Å². The van der Waals surface area contributed by atoms with Crippen LogP contribution < -0.4 is 5.73 Å². The van der Waals surface area contributed by atoms with Crippen molar-refractivity contribution >= 4 is 21.7 Å². The third kappa shape index (κ3) is 1.74. The Kier molecular flexibility index (Phi) is 2.48. The lowest BCUT2D eigenvalue weighted by molar-refractivity contribution is 0.612. The van der Waals surface area contributed by atoms with Crippen molar-refractivity contribution in [3.63, 3.8) is 0 Å². The standard InChI is InChI=1S/C10H9BrFN3/c1-5-2-3-6(9(11)10(5)12)7-4-8(13)15-14-7/h2-4H,1H3,(H3,13,14,15). The average molecular weight is 270 g/mol. The Hall–Kier alpha value is -1.36. The number of hydrogen-bond acceptors (Lipinski definition) is 2. The molecule has 0 saturated heterocycles. The molecule has 0 fully saturated rings. The molecule has 0 aliphatic carbocycles. The van der Waals surface area contributed by atoms with E-state index in [2.05, 4.69) is 26.1 Å². The zero-order valence-corrected chi connectivity index (χ0v) is 9.60. The van der Waals surface area contributed by atoms with Crippen LogP contribution >= 0.6 is 15.9 Å². The predicted octanol–water partition coefficient (Wildman–Crippen LogP) is 2.87. The first-order valence-electron chi connectivity index (χ1n) is 4.35. The average Bonchev–Trinajstić information content (AvgIpc) is 2.61. The number of aromatic nitrogens is 2. The molecule has 3 nitrogen and oxygen atoms in total. The summed E-state index contributed by atoms with van der Waals surface area (Å²) in [4.78, 5) is 0. The van der Waals surface area contributed by atoms with Crippen LogP contribution in [0.2, 0.25) is 0 Å². The van der Waals surface area contributed by atoms with E-state index in [9.17, 15) is 4.39 Å². The molecule has 3 N–H and O–H groups in total. The highest BCUT2D eigenvalue weighted by Crippen LogP contribution is 2.31. The third-order valence-electron chi connectivity index (χ3n) is 2.16. The molecular weight excluding hydrogens is 261 g/mol. The van der Waals surface area contributed by atoms with E-state index in [1.807, 2.05) is 6.07 Å². The molecule has 0 atom stereocenters. The molecule has 0 aliphatic heterocycles. The summed E-state index contributed by atoms with van der Waals surface area (Å²) in [5, 5.41) is 6.53. The van der Waals surface area contributed by atoms with Gasteiger partial charge in [0.25, 0.3) is 0 Å². The van der Waals surface area contributed by atoms with E-state index in [0.717, 1.165) is 0 Å². The molecule has 2 rings (SSSR count). The van der Waals surface area contributed by atoms with Gasteiger partial charge in [-0.05, 0) is 28.4 Å². The van der Waals surface area contributed by atoms with Gasteiger partial charge in [-0.1, -0.05) is 12.1 Å². The molecule has 0 bridgehead atoms. The van der Waals surface area contributed by atoms with Gasteiger partial charge >= 0.3 is 0 Å². The van der Waals surface area contributed by atoms with Gasteiger partial charge in [-0.3, -0.25) is 5.10 Å². The number of benzene rings is 1. The van der Waals surface area contributed by atoms with Gasteiger partial charge in [-0.2, -0.15) is 5.10 Å². The molecule has 0 radical (unpaired) electrons. The van der Waals surface area contributed by atoms with Gasteiger partial charge in [-0.25, -0.2) is 4.39 Å². The monoisotopic (exact) mass is 269 g/mol. The maximum Gasteiger partial charge on any atom is 0.145 e. The predicted molar refractivity (Wildman–Crippen MR) is 60.8 cm³/mol. The van der Waals surface area contributed by atoms with Crippen molar-refractivity contribution in [2.75, 3.05) is 5.73 Å². The molecule has 0 amide bonds. The molecule has 78 valence electrons. The van der Waals surface area contributed by atoms with Crippen molar-refractivity contribution in [2.24, 2.45) is 0 Å². The molecule has 2 aromatic rings.